The number of aromatic nitrogens is 2. The molecule has 0 N–H and O–H groups in total. The van der Waals surface area contributed by atoms with Crippen molar-refractivity contribution in [3.8, 4) is 0 Å². The molecule has 0 aliphatic rings. The van der Waals surface area contributed by atoms with Gasteiger partial charge in [-0.1, -0.05) is 12.1 Å². The quantitative estimate of drug-likeness (QED) is 0.651. The third-order valence-electron chi connectivity index (χ3n) is 1.75. The van der Waals surface area contributed by atoms with E-state index >= 15 is 0 Å². The first-order chi connectivity index (χ1) is 8.61. The molecule has 0 spiro atoms. The molecule has 2 aromatic rings. The van der Waals surface area contributed by atoms with Crippen molar-refractivity contribution in [1.29, 1.82) is 0 Å². The van der Waals surface area contributed by atoms with Crippen molar-refractivity contribution >= 4 is 11.9 Å². The van der Waals surface area contributed by atoms with Crippen LogP contribution in [0.1, 0.15) is 21.0 Å². The van der Waals surface area contributed by atoms with E-state index in [1.165, 1.54) is 24.5 Å². The van der Waals surface area contributed by atoms with E-state index in [1.54, 1.807) is 24.3 Å². The molecule has 103 valence electrons. The Morgan fingerprint density at radius 1 is 0.789 bits per heavy atom. The zero-order valence-corrected chi connectivity index (χ0v) is 10.4. The van der Waals surface area contributed by atoms with Gasteiger partial charge in [0.1, 0.15) is 0 Å². The van der Waals surface area contributed by atoms with Gasteiger partial charge in [0, 0.05) is 29.5 Å². The first kappa shape index (κ1) is 16.8. The molecule has 0 aromatic carbocycles. The van der Waals surface area contributed by atoms with Gasteiger partial charge >= 0.3 is 0 Å². The molecule has 2 aromatic heterocycles. The van der Waals surface area contributed by atoms with Crippen LogP contribution in [0, 0.1) is 0 Å². The number of rotatable bonds is 2. The number of carbonyl (C=O) groups is 2. The van der Waals surface area contributed by atoms with Crippen molar-refractivity contribution in [3.63, 3.8) is 0 Å². The van der Waals surface area contributed by atoms with Gasteiger partial charge in [0.15, 0.2) is 0 Å². The predicted molar refractivity (Wildman–Crippen MR) is 57.1 cm³/mol. The molecule has 2 rings (SSSR count). The van der Waals surface area contributed by atoms with Crippen molar-refractivity contribution in [1.82, 2.24) is 9.97 Å². The van der Waals surface area contributed by atoms with Crippen molar-refractivity contribution < 1.29 is 36.9 Å². The normalized spacial score (nSPS) is 8.42. The summed E-state index contributed by atoms with van der Waals surface area (Å²) in [6.45, 7) is 0. The van der Waals surface area contributed by atoms with Crippen LogP contribution in [-0.2, 0) is 17.1 Å². The van der Waals surface area contributed by atoms with E-state index in [0.717, 1.165) is 0 Å². The maximum atomic E-state index is 10.0. The second kappa shape index (κ2) is 8.79. The molecule has 0 amide bonds. The molecule has 0 saturated carbocycles. The zero-order chi connectivity index (χ0) is 13.4. The summed E-state index contributed by atoms with van der Waals surface area (Å²) >= 11 is 0. The van der Waals surface area contributed by atoms with Crippen molar-refractivity contribution in [2.45, 2.75) is 0 Å². The van der Waals surface area contributed by atoms with E-state index in [2.05, 4.69) is 9.97 Å². The average Bonchev–Trinajstić information content (AvgIpc) is 2.41. The van der Waals surface area contributed by atoms with Crippen LogP contribution in [0.25, 0.3) is 0 Å². The molecule has 0 aliphatic heterocycles. The number of pyridine rings is 2. The molecule has 1 radical (unpaired) electrons. The number of hydrogen-bond donors (Lipinski definition) is 0. The maximum absolute atomic E-state index is 10.0. The monoisotopic (exact) mass is 307 g/mol. The van der Waals surface area contributed by atoms with E-state index in [4.69, 9.17) is 0 Å². The van der Waals surface area contributed by atoms with E-state index in [0.29, 0.717) is 0 Å². The standard InChI is InChI=1S/2C6H5NO2.Cu/c2*8-6(9)5-3-1-2-4-7-5;/h2*1-4H,(H,8,9);/p-2. The second-order valence-corrected chi connectivity index (χ2v) is 3.00. The summed E-state index contributed by atoms with van der Waals surface area (Å²) in [5.74, 6) is -2.48. The van der Waals surface area contributed by atoms with Crippen LogP contribution in [0.3, 0.4) is 0 Å². The number of carboxylic acid groups (broad SMARTS) is 2. The molecule has 0 bridgehead atoms. The van der Waals surface area contributed by atoms with Crippen LogP contribution in [0.2, 0.25) is 0 Å². The van der Waals surface area contributed by atoms with Crippen molar-refractivity contribution in [2.24, 2.45) is 0 Å². The first-order valence-corrected chi connectivity index (χ1v) is 4.86. The van der Waals surface area contributed by atoms with E-state index in [-0.39, 0.29) is 28.5 Å². The molecule has 0 unspecified atom stereocenters. The van der Waals surface area contributed by atoms with Crippen LogP contribution in [0.15, 0.2) is 48.8 Å². The molecule has 0 atom stereocenters. The SMILES string of the molecule is O=C([O-])c1ccccn1.O=C([O-])c1ccccn1.[Cu]. The fraction of sp³-hybridized carbons (Fsp3) is 0. The molecule has 0 aliphatic carbocycles. The van der Waals surface area contributed by atoms with Gasteiger partial charge in [0.25, 0.3) is 0 Å². The fourth-order valence-corrected chi connectivity index (χ4v) is 0.967. The fourth-order valence-electron chi connectivity index (χ4n) is 0.967. The molecular formula is C12H8CuN2O4-2. The maximum Gasteiger partial charge on any atom is 0.0899 e. The van der Waals surface area contributed by atoms with Crippen LogP contribution >= 0.6 is 0 Å². The van der Waals surface area contributed by atoms with Gasteiger partial charge < -0.3 is 19.8 Å². The summed E-state index contributed by atoms with van der Waals surface area (Å²) in [7, 11) is 0. The van der Waals surface area contributed by atoms with Gasteiger partial charge in [0.2, 0.25) is 0 Å². The second-order valence-electron chi connectivity index (χ2n) is 3.00. The Kier molecular flexibility index (Phi) is 7.76. The smallest absolute Gasteiger partial charge is 0.0899 e. The van der Waals surface area contributed by atoms with Gasteiger partial charge in [-0.15, -0.1) is 0 Å². The largest absolute Gasteiger partial charge is 0.543 e. The minimum Gasteiger partial charge on any atom is -0.543 e. The Hall–Kier alpha value is -2.24. The topological polar surface area (TPSA) is 106 Å². The third kappa shape index (κ3) is 6.30. The Balaban J connectivity index is 0.000000324. The molecule has 7 heteroatoms. The Labute approximate surface area is 119 Å². The Morgan fingerprint density at radius 2 is 1.16 bits per heavy atom. The number of carboxylic acids is 2. The van der Waals surface area contributed by atoms with Gasteiger partial charge in [-0.3, -0.25) is 9.97 Å². The summed E-state index contributed by atoms with van der Waals surface area (Å²) in [5, 5.41) is 20.1. The Bertz CT molecular complexity index is 470. The third-order valence-corrected chi connectivity index (χ3v) is 1.75. The van der Waals surface area contributed by atoms with Gasteiger partial charge in [-0.05, 0) is 24.3 Å². The number of carbonyl (C=O) groups excluding carboxylic acids is 2. The zero-order valence-electron chi connectivity index (χ0n) is 9.45. The number of nitrogens with zero attached hydrogens (tertiary/aromatic N) is 2. The molecular weight excluding hydrogens is 300 g/mol. The number of aromatic carboxylic acids is 2. The van der Waals surface area contributed by atoms with Gasteiger partial charge in [-0.2, -0.15) is 0 Å². The minimum atomic E-state index is -1.24. The summed E-state index contributed by atoms with van der Waals surface area (Å²) in [4.78, 5) is 27.1. The van der Waals surface area contributed by atoms with Crippen LogP contribution in [0.5, 0.6) is 0 Å². The van der Waals surface area contributed by atoms with Crippen molar-refractivity contribution in [3.05, 3.63) is 60.2 Å². The average molecular weight is 308 g/mol. The molecule has 0 fully saturated rings. The first-order valence-electron chi connectivity index (χ1n) is 4.86. The molecule has 6 nitrogen and oxygen atoms in total. The predicted octanol–water partition coefficient (Wildman–Crippen LogP) is -1.11. The molecule has 0 saturated heterocycles. The van der Waals surface area contributed by atoms with E-state index < -0.39 is 11.9 Å². The minimum absolute atomic E-state index is 0. The van der Waals surface area contributed by atoms with Crippen LogP contribution in [0.4, 0.5) is 0 Å². The van der Waals surface area contributed by atoms with Gasteiger partial charge in [-0.25, -0.2) is 0 Å². The van der Waals surface area contributed by atoms with Crippen LogP contribution < -0.4 is 10.2 Å². The van der Waals surface area contributed by atoms with Crippen molar-refractivity contribution in [2.75, 3.05) is 0 Å². The summed E-state index contributed by atoms with van der Waals surface area (Å²) < 4.78 is 0. The van der Waals surface area contributed by atoms with Crippen LogP contribution in [-0.4, -0.2) is 21.9 Å². The number of hydrogen-bond acceptors (Lipinski definition) is 6. The molecule has 19 heavy (non-hydrogen) atoms. The summed E-state index contributed by atoms with van der Waals surface area (Å²) in [6, 6.07) is 9.25. The van der Waals surface area contributed by atoms with E-state index in [1.807, 2.05) is 0 Å². The van der Waals surface area contributed by atoms with Gasteiger partial charge in [0.05, 0.1) is 23.3 Å². The summed E-state index contributed by atoms with van der Waals surface area (Å²) in [6.07, 6.45) is 2.82. The van der Waals surface area contributed by atoms with E-state index in [9.17, 15) is 19.8 Å². The Morgan fingerprint density at radius 3 is 1.32 bits per heavy atom. The molecule has 2 heterocycles. The summed E-state index contributed by atoms with van der Waals surface area (Å²) in [5.41, 5.74) is -0.0602.